The fourth-order valence-electron chi connectivity index (χ4n) is 14.0. The zero-order valence-corrected chi connectivity index (χ0v) is 48.6. The van der Waals surface area contributed by atoms with E-state index in [9.17, 15) is 0 Å². The summed E-state index contributed by atoms with van der Waals surface area (Å²) in [6, 6.07) is 32.5. The predicted molar refractivity (Wildman–Crippen MR) is 331 cm³/mol. The van der Waals surface area contributed by atoms with Gasteiger partial charge in [-0.15, -0.1) is 0 Å². The van der Waals surface area contributed by atoms with Gasteiger partial charge in [0.1, 0.15) is 69.3 Å². The zero-order chi connectivity index (χ0) is 59.4. The normalized spacial score (nSPS) is 17.3. The lowest BCUT2D eigenvalue weighted by atomic mass is 9.77. The minimum Gasteiger partial charge on any atom is -0.453 e. The number of nitrogens with zero attached hydrogens (tertiary/aromatic N) is 4. The molecule has 0 spiro atoms. The third-order valence-corrected chi connectivity index (χ3v) is 18.1. The number of imidazole rings is 4. The highest BCUT2D eigenvalue weighted by Gasteiger charge is 2.38. The third kappa shape index (κ3) is 8.05. The molecule has 8 aromatic carbocycles. The topological polar surface area (TPSA) is 293 Å². The van der Waals surface area contributed by atoms with Crippen molar-refractivity contribution < 1.29 is 37.9 Å². The van der Waals surface area contributed by atoms with Gasteiger partial charge in [0.25, 0.3) is 0 Å². The largest absolute Gasteiger partial charge is 0.453 e. The number of hydrogen-bond acceptors (Lipinski definition) is 16. The first-order valence-electron chi connectivity index (χ1n) is 30.1. The van der Waals surface area contributed by atoms with Gasteiger partial charge in [0.05, 0.1) is 70.3 Å². The Bertz CT molecular complexity index is 4070. The van der Waals surface area contributed by atoms with Crippen molar-refractivity contribution in [3.63, 3.8) is 0 Å². The maximum absolute atomic E-state index is 7.36. The van der Waals surface area contributed by atoms with Crippen molar-refractivity contribution in [2.24, 2.45) is 22.9 Å². The van der Waals surface area contributed by atoms with Crippen LogP contribution in [0.25, 0.3) is 44.1 Å². The number of hydrogen-bond donors (Lipinski definition) is 8. The van der Waals surface area contributed by atoms with Crippen molar-refractivity contribution in [3.8, 4) is 92.0 Å². The van der Waals surface area contributed by atoms with Crippen LogP contribution in [0.2, 0.25) is 0 Å². The molecule has 12 N–H and O–H groups in total. The summed E-state index contributed by atoms with van der Waals surface area (Å²) in [6.07, 6.45) is 2.54. The summed E-state index contributed by atoms with van der Waals surface area (Å²) in [5.74, 6) is 9.18. The second kappa shape index (κ2) is 19.7. The molecule has 0 amide bonds. The van der Waals surface area contributed by atoms with Gasteiger partial charge in [-0.1, -0.05) is 27.7 Å². The van der Waals surface area contributed by atoms with E-state index in [2.05, 4.69) is 71.9 Å². The average Bonchev–Trinajstić information content (AvgIpc) is 1.46. The molecule has 17 rings (SSSR count). The number of aromatic nitrogens is 8. The standard InChI is InChI=1S/C68H60N12O8/c1-5-29-33-9-35-30(6-2)37-11-39-32(8-4)40-12-38-31(7-3)36-10-34(29)50-22-52(36)84-60-16-44-46(78-67(27-71)76-44)18-62(60)86-54(38)24-56(40)88-64-20-48-47(79-68(28-72)80-48)19-63(64)87-55(39)23-53(37)85-61-17-45-43(75-66(26-70)77-45)15-59(61)83-51(35)21-49(33)81-57-13-41-42(14-58(57)82-50)74-65(25-69)73-41/h9-24,29-32H,5-8,25-28,69-72H2,1-4H3,(H,73,74)(H,75,77)(H,76,78)(H,79,80). The van der Waals surface area contributed by atoms with Gasteiger partial charge in [0, 0.05) is 141 Å². The van der Waals surface area contributed by atoms with Crippen molar-refractivity contribution >= 4 is 44.1 Å². The molecule has 20 nitrogen and oxygen atoms in total. The van der Waals surface area contributed by atoms with Gasteiger partial charge in [-0.3, -0.25) is 0 Å². The van der Waals surface area contributed by atoms with Gasteiger partial charge >= 0.3 is 0 Å². The van der Waals surface area contributed by atoms with Gasteiger partial charge in [0.2, 0.25) is 0 Å². The third-order valence-electron chi connectivity index (χ3n) is 18.1. The minimum atomic E-state index is -0.330. The molecule has 8 bridgehead atoms. The number of fused-ring (bicyclic) bond motifs is 8. The number of aromatic amines is 4. The van der Waals surface area contributed by atoms with Crippen LogP contribution in [0.5, 0.6) is 92.0 Å². The quantitative estimate of drug-likeness (QED) is 0.0701. The van der Waals surface area contributed by atoms with Gasteiger partial charge in [-0.2, -0.15) is 0 Å². The molecule has 0 saturated carbocycles. The monoisotopic (exact) mass is 1170 g/mol. The van der Waals surface area contributed by atoms with Gasteiger partial charge in [-0.25, -0.2) is 19.9 Å². The molecule has 8 heterocycles. The van der Waals surface area contributed by atoms with E-state index < -0.39 is 0 Å². The van der Waals surface area contributed by atoms with Gasteiger partial charge < -0.3 is 80.8 Å². The Morgan fingerprint density at radius 2 is 0.443 bits per heavy atom. The van der Waals surface area contributed by atoms with E-state index >= 15 is 0 Å². The Labute approximate surface area is 502 Å². The number of ether oxygens (including phenoxy) is 8. The highest BCUT2D eigenvalue weighted by atomic mass is 16.5. The highest BCUT2D eigenvalue weighted by molar-refractivity contribution is 5.84. The summed E-state index contributed by atoms with van der Waals surface area (Å²) < 4.78 is 58.8. The van der Waals surface area contributed by atoms with Crippen LogP contribution in [-0.4, -0.2) is 39.9 Å². The van der Waals surface area contributed by atoms with E-state index in [0.29, 0.717) is 163 Å². The molecule has 4 aromatic heterocycles. The van der Waals surface area contributed by atoms with E-state index in [1.54, 1.807) is 0 Å². The Balaban J connectivity index is 1.03. The van der Waals surface area contributed by atoms with Crippen molar-refractivity contribution in [1.82, 2.24) is 39.9 Å². The second-order valence-corrected chi connectivity index (χ2v) is 23.2. The number of nitrogens with one attached hydrogen (secondary N) is 4. The number of nitrogens with two attached hydrogens (primary N) is 4. The lowest BCUT2D eigenvalue weighted by molar-refractivity contribution is 0.401. The fourth-order valence-corrected chi connectivity index (χ4v) is 14.0. The highest BCUT2D eigenvalue weighted by Crippen LogP contribution is 2.59. The van der Waals surface area contributed by atoms with Gasteiger partial charge in [-0.05, 0) is 49.9 Å². The van der Waals surface area contributed by atoms with Crippen molar-refractivity contribution in [2.45, 2.75) is 103 Å². The van der Waals surface area contributed by atoms with Crippen LogP contribution in [0, 0.1) is 0 Å². The maximum atomic E-state index is 7.36. The van der Waals surface area contributed by atoms with Crippen LogP contribution >= 0.6 is 0 Å². The molecule has 440 valence electrons. The molecule has 12 aromatic rings. The van der Waals surface area contributed by atoms with Crippen LogP contribution in [0.3, 0.4) is 0 Å². The lowest BCUT2D eigenvalue weighted by Gasteiger charge is -2.29. The molecule has 0 radical (unpaired) electrons. The maximum Gasteiger partial charge on any atom is 0.172 e. The zero-order valence-electron chi connectivity index (χ0n) is 48.6. The van der Waals surface area contributed by atoms with E-state index in [4.69, 9.17) is 80.8 Å². The number of H-pyrrole nitrogens is 4. The Hall–Kier alpha value is -10.1. The summed E-state index contributed by atoms with van der Waals surface area (Å²) in [6.45, 7) is 9.62. The van der Waals surface area contributed by atoms with Crippen molar-refractivity contribution in [2.75, 3.05) is 0 Å². The average molecular weight is 1170 g/mol. The first-order valence-corrected chi connectivity index (χ1v) is 30.1. The first kappa shape index (κ1) is 52.2. The van der Waals surface area contributed by atoms with Crippen LogP contribution in [0.1, 0.15) is 145 Å². The fraction of sp³-hybridized carbons (Fsp3) is 0.235. The Kier molecular flexibility index (Phi) is 11.7. The molecule has 5 aliphatic rings. The van der Waals surface area contributed by atoms with E-state index in [1.807, 2.05) is 72.8 Å². The molecular weight excluding hydrogens is 1110 g/mol. The SMILES string of the molecule is CCC1c2cc3c4cc2Oc2cc5nc(CN)[nH]c5cc2Oc2cc5c(cc21)C(CC)c1cc2c(cc1Oc1cc6[nH]c(CN)nc6cc1O5)Oc1cc5nc(CN)[nH]c5cc1Oc1cc(c(cc1C2CC)C3CC)Oc1cc2[nH]c(CN)nc2cc1O4. The van der Waals surface area contributed by atoms with E-state index in [-0.39, 0.29) is 49.9 Å². The summed E-state index contributed by atoms with van der Waals surface area (Å²) in [7, 11) is 0. The van der Waals surface area contributed by atoms with Crippen LogP contribution in [-0.2, 0) is 26.2 Å². The molecule has 1 aliphatic carbocycles. The molecule has 4 aliphatic heterocycles. The molecule has 20 heteroatoms. The van der Waals surface area contributed by atoms with Crippen molar-refractivity contribution in [1.29, 1.82) is 0 Å². The molecule has 4 unspecified atom stereocenters. The van der Waals surface area contributed by atoms with Gasteiger partial charge in [0.15, 0.2) is 46.0 Å². The summed E-state index contributed by atoms with van der Waals surface area (Å²) >= 11 is 0. The second-order valence-electron chi connectivity index (χ2n) is 23.2. The predicted octanol–water partition coefficient (Wildman–Crippen LogP) is 15.1. The van der Waals surface area contributed by atoms with E-state index in [1.165, 1.54) is 0 Å². The molecule has 0 fully saturated rings. The first-order chi connectivity index (χ1) is 43.1. The molecule has 0 saturated heterocycles. The summed E-state index contributed by atoms with van der Waals surface area (Å²) in [5, 5.41) is 0. The minimum absolute atomic E-state index is 0.206. The summed E-state index contributed by atoms with van der Waals surface area (Å²) in [4.78, 5) is 33.0. The molecule has 88 heavy (non-hydrogen) atoms. The Morgan fingerprint density at radius 1 is 0.261 bits per heavy atom. The van der Waals surface area contributed by atoms with E-state index in [0.717, 1.165) is 66.6 Å². The van der Waals surface area contributed by atoms with Crippen LogP contribution < -0.4 is 60.8 Å². The van der Waals surface area contributed by atoms with Crippen LogP contribution in [0.4, 0.5) is 0 Å². The number of benzene rings is 8. The smallest absolute Gasteiger partial charge is 0.172 e. The summed E-state index contributed by atoms with van der Waals surface area (Å²) in [5.41, 5.74) is 37.7. The Morgan fingerprint density at radius 3 is 0.614 bits per heavy atom. The molecular formula is C68H60N12O8. The van der Waals surface area contributed by atoms with Crippen LogP contribution in [0.15, 0.2) is 97.1 Å². The van der Waals surface area contributed by atoms with Crippen molar-refractivity contribution in [3.05, 3.63) is 165 Å². The molecule has 4 atom stereocenters. The lowest BCUT2D eigenvalue weighted by Crippen LogP contribution is -2.12. The number of rotatable bonds is 8.